The van der Waals surface area contributed by atoms with Crippen molar-refractivity contribution in [3.63, 3.8) is 0 Å². The van der Waals surface area contributed by atoms with E-state index in [1.807, 2.05) is 18.2 Å². The van der Waals surface area contributed by atoms with Crippen LogP contribution < -0.4 is 14.8 Å². The molecule has 0 aliphatic heterocycles. The highest BCUT2D eigenvalue weighted by Crippen LogP contribution is 2.35. The predicted octanol–water partition coefficient (Wildman–Crippen LogP) is 3.39. The van der Waals surface area contributed by atoms with Crippen LogP contribution in [-0.4, -0.2) is 31.8 Å². The number of ketones is 1. The lowest BCUT2D eigenvalue weighted by Crippen LogP contribution is -2.22. The Labute approximate surface area is 145 Å². The first-order chi connectivity index (χ1) is 11.6. The summed E-state index contributed by atoms with van der Waals surface area (Å²) in [6.07, 6.45) is 0. The van der Waals surface area contributed by atoms with E-state index in [1.165, 1.54) is 32.9 Å². The SMILES string of the molecule is COc1cc(SCNC(=O)c2ccccc2)c(C(C)=O)cc1OC. The minimum absolute atomic E-state index is 0.0761. The van der Waals surface area contributed by atoms with Crippen LogP contribution >= 0.6 is 11.8 Å². The zero-order valence-corrected chi connectivity index (χ0v) is 14.6. The van der Waals surface area contributed by atoms with Gasteiger partial charge >= 0.3 is 0 Å². The first kappa shape index (κ1) is 17.9. The van der Waals surface area contributed by atoms with Crippen LogP contribution in [0.5, 0.6) is 11.5 Å². The maximum Gasteiger partial charge on any atom is 0.251 e. The molecule has 0 saturated heterocycles. The Morgan fingerprint density at radius 3 is 2.25 bits per heavy atom. The number of hydrogen-bond donors (Lipinski definition) is 1. The van der Waals surface area contributed by atoms with Crippen LogP contribution in [0.15, 0.2) is 47.4 Å². The summed E-state index contributed by atoms with van der Waals surface area (Å²) >= 11 is 1.36. The highest BCUT2D eigenvalue weighted by atomic mass is 32.2. The summed E-state index contributed by atoms with van der Waals surface area (Å²) in [6, 6.07) is 12.4. The van der Waals surface area contributed by atoms with Crippen LogP contribution in [0.1, 0.15) is 27.6 Å². The standard InChI is InChI=1S/C18H19NO4S/c1-12(20)14-9-15(22-2)16(23-3)10-17(14)24-11-19-18(21)13-7-5-4-6-8-13/h4-10H,11H2,1-3H3,(H,19,21). The van der Waals surface area contributed by atoms with Crippen LogP contribution in [0.2, 0.25) is 0 Å². The maximum atomic E-state index is 12.0. The molecule has 0 aliphatic rings. The summed E-state index contributed by atoms with van der Waals surface area (Å²) in [7, 11) is 3.06. The Morgan fingerprint density at radius 2 is 1.67 bits per heavy atom. The van der Waals surface area contributed by atoms with Gasteiger partial charge in [0.2, 0.25) is 0 Å². The third kappa shape index (κ3) is 4.29. The van der Waals surface area contributed by atoms with Crippen molar-refractivity contribution in [2.75, 3.05) is 20.1 Å². The molecule has 1 amide bonds. The first-order valence-corrected chi connectivity index (χ1v) is 8.28. The van der Waals surface area contributed by atoms with E-state index in [0.29, 0.717) is 28.5 Å². The molecule has 2 aromatic rings. The largest absolute Gasteiger partial charge is 0.493 e. The minimum atomic E-state index is -0.159. The molecule has 5 nitrogen and oxygen atoms in total. The lowest BCUT2D eigenvalue weighted by atomic mass is 10.1. The predicted molar refractivity (Wildman–Crippen MR) is 94.2 cm³/mol. The van der Waals surface area contributed by atoms with Crippen LogP contribution in [-0.2, 0) is 0 Å². The second-order valence-corrected chi connectivity index (χ2v) is 5.94. The second-order valence-electron chi connectivity index (χ2n) is 4.92. The average molecular weight is 345 g/mol. The van der Waals surface area contributed by atoms with E-state index in [0.717, 1.165) is 4.90 Å². The van der Waals surface area contributed by atoms with Crippen molar-refractivity contribution in [3.05, 3.63) is 53.6 Å². The van der Waals surface area contributed by atoms with Crippen molar-refractivity contribution in [3.8, 4) is 11.5 Å². The quantitative estimate of drug-likeness (QED) is 0.473. The Balaban J connectivity index is 2.11. The van der Waals surface area contributed by atoms with Crippen molar-refractivity contribution in [1.29, 1.82) is 0 Å². The van der Waals surface area contributed by atoms with Gasteiger partial charge in [0.25, 0.3) is 5.91 Å². The fraction of sp³-hybridized carbons (Fsp3) is 0.222. The summed E-state index contributed by atoms with van der Waals surface area (Å²) < 4.78 is 10.5. The fourth-order valence-electron chi connectivity index (χ4n) is 2.13. The zero-order valence-electron chi connectivity index (χ0n) is 13.8. The molecule has 0 radical (unpaired) electrons. The summed E-state index contributed by atoms with van der Waals surface area (Å²) in [5.41, 5.74) is 1.13. The number of methoxy groups -OCH3 is 2. The molecule has 0 aliphatic carbocycles. The summed E-state index contributed by atoms with van der Waals surface area (Å²) in [5.74, 6) is 1.14. The van der Waals surface area contributed by atoms with E-state index in [1.54, 1.807) is 24.3 Å². The monoisotopic (exact) mass is 345 g/mol. The molecular formula is C18H19NO4S. The van der Waals surface area contributed by atoms with Gasteiger partial charge in [-0.25, -0.2) is 0 Å². The van der Waals surface area contributed by atoms with E-state index in [2.05, 4.69) is 5.32 Å². The van der Waals surface area contributed by atoms with Gasteiger partial charge in [-0.3, -0.25) is 9.59 Å². The molecule has 1 N–H and O–H groups in total. The van der Waals surface area contributed by atoms with Crippen molar-refractivity contribution in [1.82, 2.24) is 5.32 Å². The lowest BCUT2D eigenvalue weighted by Gasteiger charge is -2.13. The van der Waals surface area contributed by atoms with Crippen LogP contribution in [0.25, 0.3) is 0 Å². The van der Waals surface area contributed by atoms with E-state index in [4.69, 9.17) is 9.47 Å². The topological polar surface area (TPSA) is 64.6 Å². The molecule has 0 heterocycles. The highest BCUT2D eigenvalue weighted by molar-refractivity contribution is 7.99. The molecule has 0 saturated carbocycles. The van der Waals surface area contributed by atoms with Gasteiger partial charge in [0.05, 0.1) is 20.1 Å². The molecule has 0 aromatic heterocycles. The van der Waals surface area contributed by atoms with E-state index in [9.17, 15) is 9.59 Å². The third-order valence-electron chi connectivity index (χ3n) is 3.36. The molecule has 24 heavy (non-hydrogen) atoms. The van der Waals surface area contributed by atoms with E-state index < -0.39 is 0 Å². The Bertz CT molecular complexity index is 731. The number of carbonyl (C=O) groups excluding carboxylic acids is 2. The molecular weight excluding hydrogens is 326 g/mol. The molecule has 0 atom stereocenters. The number of rotatable bonds is 7. The highest BCUT2D eigenvalue weighted by Gasteiger charge is 2.15. The molecule has 6 heteroatoms. The van der Waals surface area contributed by atoms with Gasteiger partial charge < -0.3 is 14.8 Å². The Morgan fingerprint density at radius 1 is 1.04 bits per heavy atom. The van der Waals surface area contributed by atoms with Crippen LogP contribution in [0.3, 0.4) is 0 Å². The number of ether oxygens (including phenoxy) is 2. The molecule has 0 spiro atoms. The molecule has 2 rings (SSSR count). The number of Topliss-reactive ketones (excluding diaryl/α,β-unsaturated/α-hetero) is 1. The van der Waals surface area contributed by atoms with E-state index in [-0.39, 0.29) is 11.7 Å². The second kappa shape index (κ2) is 8.40. The first-order valence-electron chi connectivity index (χ1n) is 7.29. The van der Waals surface area contributed by atoms with Gasteiger partial charge in [0.1, 0.15) is 0 Å². The summed E-state index contributed by atoms with van der Waals surface area (Å²) in [6.45, 7) is 1.49. The van der Waals surface area contributed by atoms with Gasteiger partial charge in [-0.05, 0) is 31.2 Å². The summed E-state index contributed by atoms with van der Waals surface area (Å²) in [4.78, 5) is 24.6. The molecule has 0 unspecified atom stereocenters. The van der Waals surface area contributed by atoms with Crippen molar-refractivity contribution < 1.29 is 19.1 Å². The van der Waals surface area contributed by atoms with Gasteiger partial charge in [0.15, 0.2) is 17.3 Å². The zero-order chi connectivity index (χ0) is 17.5. The summed E-state index contributed by atoms with van der Waals surface area (Å²) in [5, 5.41) is 2.82. The number of amides is 1. The number of carbonyl (C=O) groups is 2. The van der Waals surface area contributed by atoms with Gasteiger partial charge in [-0.2, -0.15) is 0 Å². The number of nitrogens with one attached hydrogen (secondary N) is 1. The fourth-order valence-corrected chi connectivity index (χ4v) is 3.03. The Hall–Kier alpha value is -2.47. The van der Waals surface area contributed by atoms with Gasteiger partial charge in [-0.15, -0.1) is 11.8 Å². The average Bonchev–Trinajstić information content (AvgIpc) is 2.61. The molecule has 0 fully saturated rings. The maximum absolute atomic E-state index is 12.0. The van der Waals surface area contributed by atoms with E-state index >= 15 is 0 Å². The number of thioether (sulfide) groups is 1. The third-order valence-corrected chi connectivity index (χ3v) is 4.30. The normalized spacial score (nSPS) is 10.1. The number of hydrogen-bond acceptors (Lipinski definition) is 5. The van der Waals surface area contributed by atoms with Crippen molar-refractivity contribution in [2.45, 2.75) is 11.8 Å². The van der Waals surface area contributed by atoms with Crippen LogP contribution in [0, 0.1) is 0 Å². The lowest BCUT2D eigenvalue weighted by molar-refractivity contribution is 0.0960. The van der Waals surface area contributed by atoms with Gasteiger partial charge in [0, 0.05) is 16.0 Å². The molecule has 0 bridgehead atoms. The van der Waals surface area contributed by atoms with Crippen molar-refractivity contribution >= 4 is 23.5 Å². The number of benzene rings is 2. The Kier molecular flexibility index (Phi) is 6.26. The minimum Gasteiger partial charge on any atom is -0.493 e. The van der Waals surface area contributed by atoms with Crippen LogP contribution in [0.4, 0.5) is 0 Å². The smallest absolute Gasteiger partial charge is 0.251 e. The van der Waals surface area contributed by atoms with Gasteiger partial charge in [-0.1, -0.05) is 18.2 Å². The molecule has 2 aromatic carbocycles. The van der Waals surface area contributed by atoms with Crippen molar-refractivity contribution in [2.24, 2.45) is 0 Å². The molecule has 126 valence electrons.